The van der Waals surface area contributed by atoms with E-state index in [2.05, 4.69) is 5.32 Å². The van der Waals surface area contributed by atoms with Gasteiger partial charge in [0.15, 0.2) is 6.29 Å². The van der Waals surface area contributed by atoms with Gasteiger partial charge in [-0.1, -0.05) is 0 Å². The summed E-state index contributed by atoms with van der Waals surface area (Å²) in [6.45, 7) is 1.05. The average Bonchev–Trinajstić information content (AvgIpc) is 2.52. The van der Waals surface area contributed by atoms with Gasteiger partial charge in [0.25, 0.3) is 0 Å². The van der Waals surface area contributed by atoms with Crippen LogP contribution in [0.1, 0.15) is 19.8 Å². The maximum absolute atomic E-state index is 11.2. The largest absolute Gasteiger partial charge is 0.481 e. The second-order valence-electron chi connectivity index (χ2n) is 5.41. The predicted molar refractivity (Wildman–Crippen MR) is 85.5 cm³/mol. The number of ether oxygens (including phenoxy) is 2. The fourth-order valence-corrected chi connectivity index (χ4v) is 3.08. The van der Waals surface area contributed by atoms with E-state index in [4.69, 9.17) is 14.6 Å². The highest BCUT2D eigenvalue weighted by atomic mass is 32.2. The lowest BCUT2D eigenvalue weighted by atomic mass is 9.97. The summed E-state index contributed by atoms with van der Waals surface area (Å²) in [5.74, 6) is -0.0362. The van der Waals surface area contributed by atoms with Gasteiger partial charge in [0.05, 0.1) is 19.6 Å². The Morgan fingerprint density at radius 2 is 1.96 bits per heavy atom. The van der Waals surface area contributed by atoms with Crippen LogP contribution in [-0.2, 0) is 19.1 Å². The van der Waals surface area contributed by atoms with Crippen molar-refractivity contribution in [2.75, 3.05) is 24.7 Å². The number of aliphatic carboxylic acids is 1. The lowest BCUT2D eigenvalue weighted by molar-refractivity contribution is -0.270. The summed E-state index contributed by atoms with van der Waals surface area (Å²) in [7, 11) is 0. The Hall–Kier alpha value is -0.910. The number of rotatable bonds is 10. The first-order valence-corrected chi connectivity index (χ1v) is 8.83. The molecule has 1 aliphatic heterocycles. The molecule has 1 rings (SSSR count). The fraction of sp³-hybridized carbons (Fsp3) is 0.857. The fourth-order valence-electron chi connectivity index (χ4n) is 2.23. The first-order valence-electron chi connectivity index (χ1n) is 7.67. The number of carbonyl (C=O) groups excluding carboxylic acids is 1. The van der Waals surface area contributed by atoms with E-state index in [1.54, 1.807) is 0 Å². The number of amides is 1. The number of aliphatic hydroxyl groups is 3. The van der Waals surface area contributed by atoms with Crippen LogP contribution in [0.4, 0.5) is 0 Å². The number of thioether (sulfide) groups is 1. The van der Waals surface area contributed by atoms with E-state index in [-0.39, 0.29) is 13.0 Å². The van der Waals surface area contributed by atoms with Crippen LogP contribution >= 0.6 is 11.8 Å². The molecule has 24 heavy (non-hydrogen) atoms. The molecule has 1 amide bonds. The minimum absolute atomic E-state index is 0.101. The van der Waals surface area contributed by atoms with Crippen molar-refractivity contribution in [2.45, 2.75) is 50.4 Å². The van der Waals surface area contributed by atoms with E-state index in [0.717, 1.165) is 0 Å². The smallest absolute Gasteiger partial charge is 0.304 e. The Bertz CT molecular complexity index is 410. The zero-order valence-electron chi connectivity index (χ0n) is 13.5. The Morgan fingerprint density at radius 1 is 1.25 bits per heavy atom. The number of carboxylic acid groups (broad SMARTS) is 1. The standard InChI is InChI=1S/C14H25NO8S/c1-8(17)15-11-13(21)12(20)9(7-16)23-14(11)22-4-2-5-24-6-3-10(18)19/h9,11-14,16,20-21H,2-7H2,1H3,(H,15,17)(H,18,19)/t9-,11-,12+,13-,14+/m1/s1. The molecule has 0 aliphatic carbocycles. The van der Waals surface area contributed by atoms with Crippen molar-refractivity contribution in [1.29, 1.82) is 0 Å². The third-order valence-electron chi connectivity index (χ3n) is 3.43. The van der Waals surface area contributed by atoms with Crippen LogP contribution in [0.25, 0.3) is 0 Å². The van der Waals surface area contributed by atoms with Crippen LogP contribution in [0.15, 0.2) is 0 Å². The number of carbonyl (C=O) groups is 2. The molecular weight excluding hydrogens is 342 g/mol. The maximum Gasteiger partial charge on any atom is 0.304 e. The third-order valence-corrected chi connectivity index (χ3v) is 4.50. The molecule has 5 atom stereocenters. The first kappa shape index (κ1) is 21.1. The maximum atomic E-state index is 11.2. The van der Waals surface area contributed by atoms with Crippen LogP contribution < -0.4 is 5.32 Å². The van der Waals surface area contributed by atoms with Crippen LogP contribution in [0.2, 0.25) is 0 Å². The number of hydrogen-bond acceptors (Lipinski definition) is 8. The average molecular weight is 367 g/mol. The predicted octanol–water partition coefficient (Wildman–Crippen LogP) is -1.46. The molecule has 5 N–H and O–H groups in total. The number of hydrogen-bond donors (Lipinski definition) is 5. The van der Waals surface area contributed by atoms with Gasteiger partial charge >= 0.3 is 5.97 Å². The Kier molecular flexibility index (Phi) is 9.56. The van der Waals surface area contributed by atoms with Crippen molar-refractivity contribution in [3.63, 3.8) is 0 Å². The molecule has 9 nitrogen and oxygen atoms in total. The van der Waals surface area contributed by atoms with Crippen molar-refractivity contribution >= 4 is 23.6 Å². The van der Waals surface area contributed by atoms with Gasteiger partial charge in [-0.3, -0.25) is 9.59 Å². The van der Waals surface area contributed by atoms with Gasteiger partial charge < -0.3 is 35.2 Å². The lowest BCUT2D eigenvalue weighted by Crippen LogP contribution is -2.64. The minimum Gasteiger partial charge on any atom is -0.481 e. The lowest BCUT2D eigenvalue weighted by Gasteiger charge is -2.42. The quantitative estimate of drug-likeness (QED) is 0.293. The zero-order chi connectivity index (χ0) is 18.1. The molecular formula is C14H25NO8S. The second kappa shape index (κ2) is 10.9. The molecule has 0 spiro atoms. The SMILES string of the molecule is CC(=O)N[C@H]1[C@@H](OCCCSCCC(=O)O)O[C@H](CO)[C@H](O)[C@@H]1O. The van der Waals surface area contributed by atoms with E-state index in [1.165, 1.54) is 18.7 Å². The van der Waals surface area contributed by atoms with Crippen LogP contribution in [-0.4, -0.2) is 87.7 Å². The molecule has 1 heterocycles. The highest BCUT2D eigenvalue weighted by molar-refractivity contribution is 7.99. The van der Waals surface area contributed by atoms with Crippen molar-refractivity contribution in [3.8, 4) is 0 Å². The highest BCUT2D eigenvalue weighted by Crippen LogP contribution is 2.22. The summed E-state index contributed by atoms with van der Waals surface area (Å²) < 4.78 is 10.9. The summed E-state index contributed by atoms with van der Waals surface area (Å²) in [6.07, 6.45) is -3.93. The molecule has 0 unspecified atom stereocenters. The highest BCUT2D eigenvalue weighted by Gasteiger charge is 2.45. The molecule has 140 valence electrons. The van der Waals surface area contributed by atoms with Gasteiger partial charge in [0, 0.05) is 12.7 Å². The zero-order valence-corrected chi connectivity index (χ0v) is 14.3. The van der Waals surface area contributed by atoms with Gasteiger partial charge in [-0.25, -0.2) is 0 Å². The summed E-state index contributed by atoms with van der Waals surface area (Å²) in [4.78, 5) is 21.6. The molecule has 1 aliphatic rings. The molecule has 1 saturated heterocycles. The van der Waals surface area contributed by atoms with Gasteiger partial charge in [-0.2, -0.15) is 11.8 Å². The summed E-state index contributed by atoms with van der Waals surface area (Å²) in [5.41, 5.74) is 0. The van der Waals surface area contributed by atoms with Crippen molar-refractivity contribution in [3.05, 3.63) is 0 Å². The molecule has 0 aromatic heterocycles. The summed E-state index contributed by atoms with van der Waals surface area (Å²) in [5, 5.41) is 40.1. The Balaban J connectivity index is 2.43. The Labute approximate surface area is 144 Å². The molecule has 0 bridgehead atoms. The molecule has 0 aromatic rings. The Morgan fingerprint density at radius 3 is 2.54 bits per heavy atom. The molecule has 10 heteroatoms. The topological polar surface area (TPSA) is 146 Å². The minimum atomic E-state index is -1.33. The normalized spacial score (nSPS) is 30.1. The monoisotopic (exact) mass is 367 g/mol. The van der Waals surface area contributed by atoms with E-state index < -0.39 is 49.1 Å². The number of nitrogens with one attached hydrogen (secondary N) is 1. The van der Waals surface area contributed by atoms with Crippen molar-refractivity contribution in [2.24, 2.45) is 0 Å². The van der Waals surface area contributed by atoms with Gasteiger partial charge in [-0.15, -0.1) is 0 Å². The number of aliphatic hydroxyl groups excluding tert-OH is 3. The van der Waals surface area contributed by atoms with Gasteiger partial charge in [0.1, 0.15) is 24.4 Å². The van der Waals surface area contributed by atoms with Crippen molar-refractivity contribution in [1.82, 2.24) is 5.32 Å². The second-order valence-corrected chi connectivity index (χ2v) is 6.64. The van der Waals surface area contributed by atoms with Crippen LogP contribution in [0, 0.1) is 0 Å². The van der Waals surface area contributed by atoms with Crippen molar-refractivity contribution < 1.29 is 39.5 Å². The number of carboxylic acids is 1. The summed E-state index contributed by atoms with van der Waals surface area (Å²) in [6, 6.07) is -0.944. The van der Waals surface area contributed by atoms with Gasteiger partial charge in [-0.05, 0) is 12.2 Å². The van der Waals surface area contributed by atoms with Crippen LogP contribution in [0.3, 0.4) is 0 Å². The molecule has 0 aromatic carbocycles. The molecule has 1 fully saturated rings. The van der Waals surface area contributed by atoms with Crippen LogP contribution in [0.5, 0.6) is 0 Å². The molecule has 0 saturated carbocycles. The van der Waals surface area contributed by atoms with E-state index >= 15 is 0 Å². The van der Waals surface area contributed by atoms with E-state index in [9.17, 15) is 24.9 Å². The summed E-state index contributed by atoms with van der Waals surface area (Å²) >= 11 is 1.48. The first-order chi connectivity index (χ1) is 11.4. The van der Waals surface area contributed by atoms with Gasteiger partial charge in [0.2, 0.25) is 5.91 Å². The van der Waals surface area contributed by atoms with E-state index in [1.807, 2.05) is 0 Å². The van der Waals surface area contributed by atoms with E-state index in [0.29, 0.717) is 17.9 Å². The third kappa shape index (κ3) is 6.91. The molecule has 0 radical (unpaired) electrons.